The number of urea groups is 1. The van der Waals surface area contributed by atoms with Gasteiger partial charge < -0.3 is 10.1 Å². The van der Waals surface area contributed by atoms with E-state index in [0.717, 1.165) is 23.3 Å². The molecule has 1 heterocycles. The predicted octanol–water partition coefficient (Wildman–Crippen LogP) is 3.42. The van der Waals surface area contributed by atoms with Gasteiger partial charge in [-0.15, -0.1) is 0 Å². The lowest BCUT2D eigenvalue weighted by molar-refractivity contribution is -0.00915. The van der Waals surface area contributed by atoms with E-state index in [0.29, 0.717) is 31.0 Å². The first-order valence-corrected chi connectivity index (χ1v) is 9.08. The maximum Gasteiger partial charge on any atom is 0.322 e. The van der Waals surface area contributed by atoms with Crippen LogP contribution in [0.1, 0.15) is 32.1 Å². The molecule has 5 aliphatic rings. The zero-order valence-corrected chi connectivity index (χ0v) is 13.4. The minimum atomic E-state index is 0.0678. The third-order valence-electron chi connectivity index (χ3n) is 6.49. The largest absolute Gasteiger partial charge is 0.490 e. The van der Waals surface area contributed by atoms with Crippen molar-refractivity contribution < 1.29 is 9.53 Å². The molecule has 122 valence electrons. The summed E-state index contributed by atoms with van der Waals surface area (Å²) in [4.78, 5) is 14.8. The van der Waals surface area contributed by atoms with Gasteiger partial charge in [0.25, 0.3) is 0 Å². The first kappa shape index (κ1) is 13.7. The molecule has 0 saturated heterocycles. The summed E-state index contributed by atoms with van der Waals surface area (Å²) in [7, 11) is 0. The van der Waals surface area contributed by atoms with Crippen molar-refractivity contribution in [1.29, 1.82) is 0 Å². The maximum absolute atomic E-state index is 12.9. The molecule has 2 amide bonds. The Morgan fingerprint density at radius 1 is 1.04 bits per heavy atom. The molecule has 1 aliphatic heterocycles. The van der Waals surface area contributed by atoms with Crippen LogP contribution in [0.3, 0.4) is 0 Å². The van der Waals surface area contributed by atoms with E-state index >= 15 is 0 Å². The fourth-order valence-electron chi connectivity index (χ4n) is 5.76. The fraction of sp³-hybridized carbons (Fsp3) is 0.632. The van der Waals surface area contributed by atoms with Crippen LogP contribution in [-0.2, 0) is 0 Å². The van der Waals surface area contributed by atoms with Crippen molar-refractivity contribution in [2.45, 2.75) is 38.1 Å². The Balaban J connectivity index is 1.35. The smallest absolute Gasteiger partial charge is 0.322 e. The number of para-hydroxylation sites is 2. The molecule has 23 heavy (non-hydrogen) atoms. The molecule has 4 saturated carbocycles. The Morgan fingerprint density at radius 3 is 2.48 bits per heavy atom. The van der Waals surface area contributed by atoms with Gasteiger partial charge in [-0.2, -0.15) is 0 Å². The molecule has 4 nitrogen and oxygen atoms in total. The van der Waals surface area contributed by atoms with Crippen LogP contribution in [0.5, 0.6) is 5.75 Å². The van der Waals surface area contributed by atoms with Gasteiger partial charge >= 0.3 is 6.03 Å². The van der Waals surface area contributed by atoms with Crippen LogP contribution in [0.4, 0.5) is 10.5 Å². The van der Waals surface area contributed by atoms with Crippen molar-refractivity contribution in [3.05, 3.63) is 24.3 Å². The van der Waals surface area contributed by atoms with Crippen LogP contribution in [0.25, 0.3) is 0 Å². The molecule has 4 heteroatoms. The van der Waals surface area contributed by atoms with E-state index in [1.165, 1.54) is 32.1 Å². The number of carbonyl (C=O) groups is 1. The molecule has 1 N–H and O–H groups in total. The third kappa shape index (κ3) is 2.22. The van der Waals surface area contributed by atoms with Crippen molar-refractivity contribution in [2.24, 2.45) is 23.7 Å². The van der Waals surface area contributed by atoms with Gasteiger partial charge in [-0.25, -0.2) is 4.79 Å². The molecule has 6 rings (SSSR count). The molecule has 0 radical (unpaired) electrons. The highest BCUT2D eigenvalue weighted by Crippen LogP contribution is 2.53. The zero-order chi connectivity index (χ0) is 15.4. The normalized spacial score (nSPS) is 37.2. The second kappa shape index (κ2) is 5.15. The van der Waals surface area contributed by atoms with Gasteiger partial charge in [0.05, 0.1) is 12.2 Å². The molecule has 0 unspecified atom stereocenters. The van der Waals surface area contributed by atoms with Crippen LogP contribution < -0.4 is 15.0 Å². The molecule has 4 bridgehead atoms. The standard InChI is InChI=1S/C19H24N2O2/c22-19(21-5-6-23-17-4-2-1-3-16(17)21)20-18-14-8-12-7-13(10-14)11-15(18)9-12/h1-4,12-15,18H,5-11H2,(H,20,22). The van der Waals surface area contributed by atoms with Gasteiger partial charge in [-0.3, -0.25) is 4.90 Å². The first-order valence-electron chi connectivity index (χ1n) is 9.08. The van der Waals surface area contributed by atoms with E-state index in [-0.39, 0.29) is 6.03 Å². The van der Waals surface area contributed by atoms with Gasteiger partial charge in [0.1, 0.15) is 12.4 Å². The number of hydrogen-bond acceptors (Lipinski definition) is 2. The number of nitrogens with one attached hydrogen (secondary N) is 1. The van der Waals surface area contributed by atoms with E-state index in [2.05, 4.69) is 5.32 Å². The Kier molecular flexibility index (Phi) is 3.07. The lowest BCUT2D eigenvalue weighted by Crippen LogP contribution is -2.58. The topological polar surface area (TPSA) is 41.6 Å². The Labute approximate surface area is 137 Å². The maximum atomic E-state index is 12.9. The number of rotatable bonds is 1. The summed E-state index contributed by atoms with van der Waals surface area (Å²) in [5, 5.41) is 3.40. The number of anilines is 1. The second-order valence-electron chi connectivity index (χ2n) is 7.87. The van der Waals surface area contributed by atoms with E-state index in [1.54, 1.807) is 0 Å². The molecular weight excluding hydrogens is 288 g/mol. The van der Waals surface area contributed by atoms with Crippen LogP contribution >= 0.6 is 0 Å². The molecule has 0 spiro atoms. The Bertz CT molecular complexity index is 602. The lowest BCUT2D eigenvalue weighted by atomic mass is 9.54. The van der Waals surface area contributed by atoms with Crippen molar-refractivity contribution in [2.75, 3.05) is 18.1 Å². The summed E-state index contributed by atoms with van der Waals surface area (Å²) in [5.74, 6) is 4.13. The number of fused-ring (bicyclic) bond motifs is 1. The highest BCUT2D eigenvalue weighted by molar-refractivity contribution is 5.94. The quantitative estimate of drug-likeness (QED) is 0.863. The summed E-state index contributed by atoms with van der Waals surface area (Å²) in [5.41, 5.74) is 0.903. The van der Waals surface area contributed by atoms with Crippen molar-refractivity contribution in [3.8, 4) is 5.75 Å². The molecule has 0 atom stereocenters. The predicted molar refractivity (Wildman–Crippen MR) is 88.6 cm³/mol. The van der Waals surface area contributed by atoms with Crippen LogP contribution in [0.2, 0.25) is 0 Å². The Morgan fingerprint density at radius 2 is 1.74 bits per heavy atom. The minimum absolute atomic E-state index is 0.0678. The van der Waals surface area contributed by atoms with Gasteiger partial charge in [0.15, 0.2) is 0 Å². The summed E-state index contributed by atoms with van der Waals surface area (Å²) in [6, 6.07) is 8.31. The fourth-order valence-corrected chi connectivity index (χ4v) is 5.76. The number of amides is 2. The summed E-state index contributed by atoms with van der Waals surface area (Å²) in [6.45, 7) is 1.21. The Hall–Kier alpha value is -1.71. The average molecular weight is 312 g/mol. The number of benzene rings is 1. The molecule has 4 aliphatic carbocycles. The van der Waals surface area contributed by atoms with Crippen molar-refractivity contribution >= 4 is 11.7 Å². The molecule has 4 fully saturated rings. The summed E-state index contributed by atoms with van der Waals surface area (Å²) in [6.07, 6.45) is 6.77. The number of ether oxygens (including phenoxy) is 1. The zero-order valence-electron chi connectivity index (χ0n) is 13.4. The third-order valence-corrected chi connectivity index (χ3v) is 6.49. The second-order valence-corrected chi connectivity index (χ2v) is 7.87. The van der Waals surface area contributed by atoms with E-state index in [9.17, 15) is 4.79 Å². The monoisotopic (exact) mass is 312 g/mol. The summed E-state index contributed by atoms with van der Waals surface area (Å²) >= 11 is 0. The number of nitrogens with zero attached hydrogens (tertiary/aromatic N) is 1. The molecule has 1 aromatic carbocycles. The first-order chi connectivity index (χ1) is 11.3. The highest BCUT2D eigenvalue weighted by Gasteiger charge is 2.49. The summed E-state index contributed by atoms with van der Waals surface area (Å²) < 4.78 is 5.67. The van der Waals surface area contributed by atoms with Crippen LogP contribution in [0, 0.1) is 23.7 Å². The minimum Gasteiger partial charge on any atom is -0.490 e. The molecular formula is C19H24N2O2. The number of carbonyl (C=O) groups excluding carboxylic acids is 1. The van der Waals surface area contributed by atoms with E-state index in [1.807, 2.05) is 29.2 Å². The van der Waals surface area contributed by atoms with E-state index < -0.39 is 0 Å². The van der Waals surface area contributed by atoms with Crippen molar-refractivity contribution in [3.63, 3.8) is 0 Å². The van der Waals surface area contributed by atoms with Gasteiger partial charge in [-0.05, 0) is 67.9 Å². The molecule has 1 aromatic rings. The van der Waals surface area contributed by atoms with Crippen LogP contribution in [-0.4, -0.2) is 25.2 Å². The van der Waals surface area contributed by atoms with Crippen molar-refractivity contribution in [1.82, 2.24) is 5.32 Å². The number of hydrogen-bond donors (Lipinski definition) is 1. The highest BCUT2D eigenvalue weighted by atomic mass is 16.5. The van der Waals surface area contributed by atoms with E-state index in [4.69, 9.17) is 4.74 Å². The van der Waals surface area contributed by atoms with Gasteiger partial charge in [0, 0.05) is 6.04 Å². The average Bonchev–Trinajstić information content (AvgIpc) is 2.57. The lowest BCUT2D eigenvalue weighted by Gasteiger charge is -2.54. The SMILES string of the molecule is O=C(NC1C2CC3CC(C2)CC1C3)N1CCOc2ccccc21. The van der Waals surface area contributed by atoms with Crippen LogP contribution in [0.15, 0.2) is 24.3 Å². The molecule has 0 aromatic heterocycles. The van der Waals surface area contributed by atoms with Gasteiger partial charge in [0.2, 0.25) is 0 Å². The van der Waals surface area contributed by atoms with Gasteiger partial charge in [-0.1, -0.05) is 12.1 Å².